The minimum Gasteiger partial charge on any atom is -0.228 e. The fourth-order valence-electron chi connectivity index (χ4n) is 6.06. The van der Waals surface area contributed by atoms with E-state index < -0.39 is 0 Å². The molecule has 2 nitrogen and oxygen atoms in total. The minimum absolute atomic E-state index is 0.702. The molecule has 8 rings (SSSR count). The van der Waals surface area contributed by atoms with E-state index >= 15 is 0 Å². The number of benzene rings is 6. The monoisotopic (exact) mass is 610 g/mol. The Kier molecular flexibility index (Phi) is 7.85. The van der Waals surface area contributed by atoms with Crippen molar-refractivity contribution in [1.29, 1.82) is 0 Å². The first-order chi connectivity index (χ1) is 23.8. The first kappa shape index (κ1) is 28.9. The smallest absolute Gasteiger partial charge is 0.160 e. The van der Waals surface area contributed by atoms with Crippen LogP contribution in [0.15, 0.2) is 182 Å². The molecular formula is C46H30N2. The van der Waals surface area contributed by atoms with Crippen LogP contribution in [0.3, 0.4) is 0 Å². The molecule has 48 heavy (non-hydrogen) atoms. The molecule has 0 aliphatic carbocycles. The normalized spacial score (nSPS) is 10.8. The zero-order valence-electron chi connectivity index (χ0n) is 26.2. The van der Waals surface area contributed by atoms with Crippen LogP contribution < -0.4 is 0 Å². The summed E-state index contributed by atoms with van der Waals surface area (Å²) >= 11 is 0. The van der Waals surface area contributed by atoms with Crippen molar-refractivity contribution in [1.82, 2.24) is 9.97 Å². The van der Waals surface area contributed by atoms with E-state index in [0.29, 0.717) is 5.82 Å². The zero-order valence-corrected chi connectivity index (χ0v) is 26.2. The van der Waals surface area contributed by atoms with Crippen molar-refractivity contribution in [3.05, 3.63) is 194 Å². The molecule has 0 atom stereocenters. The van der Waals surface area contributed by atoms with Gasteiger partial charge in [-0.1, -0.05) is 152 Å². The van der Waals surface area contributed by atoms with Crippen LogP contribution in [-0.2, 0) is 0 Å². The summed E-state index contributed by atoms with van der Waals surface area (Å²) in [7, 11) is 0. The van der Waals surface area contributed by atoms with Crippen molar-refractivity contribution < 1.29 is 0 Å². The zero-order chi connectivity index (χ0) is 32.1. The Balaban J connectivity index is 1.16. The molecule has 0 saturated carbocycles. The maximum atomic E-state index is 5.09. The molecule has 1 heterocycles. The van der Waals surface area contributed by atoms with Crippen LogP contribution >= 0.6 is 0 Å². The topological polar surface area (TPSA) is 25.8 Å². The molecule has 224 valence electrons. The predicted octanol–water partition coefficient (Wildman–Crippen LogP) is 11.7. The van der Waals surface area contributed by atoms with Crippen LogP contribution in [0.1, 0.15) is 0 Å². The molecule has 1 aromatic heterocycles. The van der Waals surface area contributed by atoms with E-state index in [0.717, 1.165) is 55.9 Å². The van der Waals surface area contributed by atoms with E-state index in [4.69, 9.17) is 9.97 Å². The van der Waals surface area contributed by atoms with Crippen molar-refractivity contribution >= 4 is 0 Å². The lowest BCUT2D eigenvalue weighted by atomic mass is 9.96. The predicted molar refractivity (Wildman–Crippen MR) is 198 cm³/mol. The van der Waals surface area contributed by atoms with Crippen molar-refractivity contribution in [3.8, 4) is 78.4 Å². The maximum Gasteiger partial charge on any atom is 0.160 e. The van der Waals surface area contributed by atoms with Gasteiger partial charge in [0.15, 0.2) is 5.82 Å². The van der Waals surface area contributed by atoms with Crippen LogP contribution in [0.5, 0.6) is 0 Å². The summed E-state index contributed by atoms with van der Waals surface area (Å²) in [5.41, 5.74) is 14.1. The summed E-state index contributed by atoms with van der Waals surface area (Å²) in [5, 5.41) is 0. The Morgan fingerprint density at radius 2 is 0.729 bits per heavy atom. The second-order valence-electron chi connectivity index (χ2n) is 11.7. The molecule has 7 aromatic carbocycles. The maximum absolute atomic E-state index is 5.09. The van der Waals surface area contributed by atoms with Gasteiger partial charge < -0.3 is 0 Å². The van der Waals surface area contributed by atoms with Crippen molar-refractivity contribution in [2.45, 2.75) is 0 Å². The number of hydrogen-bond donors (Lipinski definition) is 0. The van der Waals surface area contributed by atoms with Crippen LogP contribution in [0.25, 0.3) is 78.4 Å². The minimum atomic E-state index is 0.702. The SMILES string of the molecule is c1ccc(-c2cccc(-c3ccc(-c4cc(-c5cccc(-c6cccc(-c7ccccc7)c6)c5)nc(-c5ccccc5)n4)cc3)c2)cc#1. The fraction of sp³-hybridized carbons (Fsp3) is 0. The summed E-state index contributed by atoms with van der Waals surface area (Å²) < 4.78 is 0. The largest absolute Gasteiger partial charge is 0.228 e. The van der Waals surface area contributed by atoms with E-state index in [1.165, 1.54) is 16.7 Å². The van der Waals surface area contributed by atoms with E-state index in [1.807, 2.05) is 36.4 Å². The van der Waals surface area contributed by atoms with Gasteiger partial charge in [-0.05, 0) is 87.0 Å². The summed E-state index contributed by atoms with van der Waals surface area (Å²) in [6.45, 7) is 0. The Hall–Kier alpha value is -6.56. The Morgan fingerprint density at radius 1 is 0.292 bits per heavy atom. The quantitative estimate of drug-likeness (QED) is 0.179. The molecule has 0 saturated heterocycles. The van der Waals surface area contributed by atoms with Crippen LogP contribution in [0.4, 0.5) is 0 Å². The average molecular weight is 611 g/mol. The molecule has 0 spiro atoms. The highest BCUT2D eigenvalue weighted by Crippen LogP contribution is 2.33. The number of nitrogens with zero attached hydrogens (tertiary/aromatic N) is 2. The molecule has 8 aromatic rings. The molecule has 0 fully saturated rings. The van der Waals surface area contributed by atoms with Gasteiger partial charge >= 0.3 is 0 Å². The molecule has 0 amide bonds. The number of rotatable bonds is 7. The van der Waals surface area contributed by atoms with Crippen molar-refractivity contribution in [2.75, 3.05) is 0 Å². The van der Waals surface area contributed by atoms with E-state index in [2.05, 4.69) is 158 Å². The van der Waals surface area contributed by atoms with Crippen LogP contribution in [0.2, 0.25) is 0 Å². The molecule has 0 aliphatic rings. The third-order valence-corrected chi connectivity index (χ3v) is 8.59. The highest BCUT2D eigenvalue weighted by Gasteiger charge is 2.12. The average Bonchev–Trinajstić information content (AvgIpc) is 3.19. The lowest BCUT2D eigenvalue weighted by Gasteiger charge is -2.12. The van der Waals surface area contributed by atoms with E-state index in [9.17, 15) is 0 Å². The molecule has 0 unspecified atom stereocenters. The molecular weight excluding hydrogens is 581 g/mol. The summed E-state index contributed by atoms with van der Waals surface area (Å²) in [6.07, 6.45) is 0. The van der Waals surface area contributed by atoms with Gasteiger partial charge in [0.2, 0.25) is 0 Å². The van der Waals surface area contributed by atoms with Gasteiger partial charge in [-0.25, -0.2) is 9.97 Å². The molecule has 0 radical (unpaired) electrons. The summed E-state index contributed by atoms with van der Waals surface area (Å²) in [5.74, 6) is 0.702. The standard InChI is InChI=1S/C46H30N2/c1-4-13-33(14-5-1)38-19-10-21-40(29-38)35-25-27-36(28-26-35)44-32-45(48-46(47-44)37-17-8-3-9-18-37)43-24-12-23-42(31-43)41-22-11-20-39(30-41)34-15-6-2-7-16-34/h2-4,6-32H. The van der Waals surface area contributed by atoms with E-state index in [-0.39, 0.29) is 0 Å². The van der Waals surface area contributed by atoms with Gasteiger partial charge in [-0.15, -0.1) is 0 Å². The molecule has 0 aliphatic heterocycles. The first-order valence-electron chi connectivity index (χ1n) is 16.1. The van der Waals surface area contributed by atoms with Crippen LogP contribution in [0, 0.1) is 12.1 Å². The van der Waals surface area contributed by atoms with Gasteiger partial charge in [0.1, 0.15) is 0 Å². The van der Waals surface area contributed by atoms with Gasteiger partial charge in [0, 0.05) is 16.7 Å². The third kappa shape index (κ3) is 6.14. The highest BCUT2D eigenvalue weighted by atomic mass is 14.9. The Bertz CT molecular complexity index is 2310. The molecule has 0 bridgehead atoms. The van der Waals surface area contributed by atoms with Crippen LogP contribution in [-0.4, -0.2) is 9.97 Å². The van der Waals surface area contributed by atoms with Crippen molar-refractivity contribution in [3.63, 3.8) is 0 Å². The Labute approximate surface area is 281 Å². The van der Waals surface area contributed by atoms with Gasteiger partial charge in [-0.2, -0.15) is 0 Å². The van der Waals surface area contributed by atoms with Crippen molar-refractivity contribution in [2.24, 2.45) is 0 Å². The first-order valence-corrected chi connectivity index (χ1v) is 16.1. The third-order valence-electron chi connectivity index (χ3n) is 8.59. The number of aromatic nitrogens is 2. The second-order valence-corrected chi connectivity index (χ2v) is 11.7. The van der Waals surface area contributed by atoms with Gasteiger partial charge in [-0.3, -0.25) is 0 Å². The molecule has 0 N–H and O–H groups in total. The summed E-state index contributed by atoms with van der Waals surface area (Å²) in [6, 6.07) is 69.3. The molecule has 2 heteroatoms. The lowest BCUT2D eigenvalue weighted by molar-refractivity contribution is 1.18. The van der Waals surface area contributed by atoms with E-state index in [1.54, 1.807) is 0 Å². The fourth-order valence-corrected chi connectivity index (χ4v) is 6.06. The Morgan fingerprint density at radius 3 is 1.31 bits per heavy atom. The lowest BCUT2D eigenvalue weighted by Crippen LogP contribution is -1.96. The number of hydrogen-bond acceptors (Lipinski definition) is 2. The van der Waals surface area contributed by atoms with Gasteiger partial charge in [0.25, 0.3) is 0 Å². The second kappa shape index (κ2) is 13.0. The van der Waals surface area contributed by atoms with Gasteiger partial charge in [0.05, 0.1) is 11.4 Å². The highest BCUT2D eigenvalue weighted by molar-refractivity contribution is 5.79. The summed E-state index contributed by atoms with van der Waals surface area (Å²) in [4.78, 5) is 10.2.